The van der Waals surface area contributed by atoms with E-state index in [0.29, 0.717) is 21.6 Å². The lowest BCUT2D eigenvalue weighted by Gasteiger charge is -2.18. The summed E-state index contributed by atoms with van der Waals surface area (Å²) >= 11 is 7.31. The summed E-state index contributed by atoms with van der Waals surface area (Å²) in [4.78, 5) is 13.7. The molecule has 0 radical (unpaired) electrons. The highest BCUT2D eigenvalue weighted by Gasteiger charge is 2.17. The van der Waals surface area contributed by atoms with Crippen LogP contribution >= 0.6 is 23.4 Å². The van der Waals surface area contributed by atoms with Gasteiger partial charge in [-0.15, -0.1) is 10.2 Å². The van der Waals surface area contributed by atoms with Crippen LogP contribution in [0.4, 0.5) is 5.69 Å². The quantitative estimate of drug-likeness (QED) is 0.184. The van der Waals surface area contributed by atoms with Crippen molar-refractivity contribution in [2.24, 2.45) is 5.10 Å². The highest BCUT2D eigenvalue weighted by Crippen LogP contribution is 2.28. The molecule has 0 aliphatic rings. The van der Waals surface area contributed by atoms with Crippen molar-refractivity contribution in [3.8, 4) is 22.8 Å². The van der Waals surface area contributed by atoms with Crippen LogP contribution in [0.3, 0.4) is 0 Å². The smallest absolute Gasteiger partial charge is 0.250 e. The van der Waals surface area contributed by atoms with Crippen molar-refractivity contribution in [1.82, 2.24) is 20.2 Å². The Kier molecular flexibility index (Phi) is 8.95. The first-order valence-electron chi connectivity index (χ1n) is 11.9. The number of nitrogens with one attached hydrogen (secondary N) is 2. The molecule has 4 rings (SSSR count). The molecule has 0 saturated carbocycles. The zero-order chi connectivity index (χ0) is 26.2. The van der Waals surface area contributed by atoms with E-state index in [1.165, 1.54) is 22.9 Å². The number of thioether (sulfide) groups is 1. The monoisotopic (exact) mass is 534 g/mol. The molecule has 0 unspecified atom stereocenters. The predicted molar refractivity (Wildman–Crippen MR) is 146 cm³/mol. The molecule has 0 atom stereocenters. The molecule has 37 heavy (non-hydrogen) atoms. The first-order valence-corrected chi connectivity index (χ1v) is 13.2. The third kappa shape index (κ3) is 6.56. The Labute approximate surface area is 225 Å². The molecular formula is C27H27ClN6O2S. The molecule has 8 nitrogen and oxygen atoms in total. The zero-order valence-corrected chi connectivity index (χ0v) is 22.1. The van der Waals surface area contributed by atoms with Crippen molar-refractivity contribution in [1.29, 1.82) is 0 Å². The molecule has 0 spiro atoms. The lowest BCUT2D eigenvalue weighted by Crippen LogP contribution is -3.06. The Morgan fingerprint density at radius 1 is 1.08 bits per heavy atom. The number of hydrogen-bond donors (Lipinski definition) is 2. The molecule has 0 saturated heterocycles. The summed E-state index contributed by atoms with van der Waals surface area (Å²) in [5.74, 6) is 0.257. The van der Waals surface area contributed by atoms with Gasteiger partial charge in [0.25, 0.3) is 5.91 Å². The number of hydrogen-bond acceptors (Lipinski definition) is 6. The number of nitrogens with zero attached hydrogens (tertiary/aromatic N) is 4. The third-order valence-corrected chi connectivity index (χ3v) is 6.93. The van der Waals surface area contributed by atoms with E-state index in [2.05, 4.69) is 34.6 Å². The Morgan fingerprint density at radius 2 is 1.81 bits per heavy atom. The van der Waals surface area contributed by atoms with Crippen LogP contribution in [-0.2, 0) is 4.79 Å². The van der Waals surface area contributed by atoms with Gasteiger partial charge in [-0.05, 0) is 61.9 Å². The highest BCUT2D eigenvalue weighted by atomic mass is 35.5. The molecule has 1 heterocycles. The molecule has 0 aliphatic heterocycles. The number of amides is 1. The number of rotatable bonds is 10. The minimum Gasteiger partial charge on any atom is -0.872 e. The largest absolute Gasteiger partial charge is 0.872 e. The number of benzene rings is 3. The minimum atomic E-state index is -0.329. The van der Waals surface area contributed by atoms with Crippen molar-refractivity contribution < 1.29 is 14.8 Å². The van der Waals surface area contributed by atoms with Crippen molar-refractivity contribution in [2.75, 3.05) is 18.8 Å². The molecule has 3 aromatic carbocycles. The van der Waals surface area contributed by atoms with Gasteiger partial charge in [-0.2, -0.15) is 5.10 Å². The summed E-state index contributed by atoms with van der Waals surface area (Å²) in [6.45, 7) is 5.95. The van der Waals surface area contributed by atoms with Crippen LogP contribution in [0.2, 0.25) is 5.02 Å². The Morgan fingerprint density at radius 3 is 2.49 bits per heavy atom. The molecule has 2 N–H and O–H groups in total. The fraction of sp³-hybridized carbons (Fsp3) is 0.185. The Balaban J connectivity index is 1.44. The van der Waals surface area contributed by atoms with E-state index < -0.39 is 0 Å². The standard InChI is InChI=1S/C27H27ClN6O2S/c1-3-33(4-2)23-13-10-20(24(35)16-23)17-29-30-25(36)18-37-27-32-31-26(19-8-6-5-7-9-19)34(27)22-14-11-21(28)12-15-22/h5-17,35H,3-4,18H2,1-2H3,(H,30,36)/b29-17+. The van der Waals surface area contributed by atoms with Crippen LogP contribution in [0.15, 0.2) is 83.1 Å². The van der Waals surface area contributed by atoms with Gasteiger partial charge in [0, 0.05) is 16.3 Å². The van der Waals surface area contributed by atoms with Crippen LogP contribution in [0.5, 0.6) is 5.75 Å². The molecular weight excluding hydrogens is 508 g/mol. The van der Waals surface area contributed by atoms with E-state index >= 15 is 0 Å². The maximum absolute atomic E-state index is 12.5. The predicted octanol–water partition coefficient (Wildman–Crippen LogP) is 3.46. The summed E-state index contributed by atoms with van der Waals surface area (Å²) < 4.78 is 1.88. The van der Waals surface area contributed by atoms with Crippen LogP contribution in [0, 0.1) is 0 Å². The first-order chi connectivity index (χ1) is 18.0. The maximum Gasteiger partial charge on any atom is 0.250 e. The van der Waals surface area contributed by atoms with Gasteiger partial charge < -0.3 is 10.0 Å². The first kappa shape index (κ1) is 26.4. The van der Waals surface area contributed by atoms with Crippen LogP contribution in [-0.4, -0.2) is 45.7 Å². The minimum absolute atomic E-state index is 0.0618. The van der Waals surface area contributed by atoms with Crippen molar-refractivity contribution >= 4 is 41.2 Å². The summed E-state index contributed by atoms with van der Waals surface area (Å²) in [7, 11) is 0. The lowest BCUT2D eigenvalue weighted by molar-refractivity contribution is -0.828. The summed E-state index contributed by atoms with van der Waals surface area (Å²) in [6, 6.07) is 22.3. The van der Waals surface area contributed by atoms with Gasteiger partial charge in [0.05, 0.1) is 25.1 Å². The zero-order valence-electron chi connectivity index (χ0n) is 20.5. The van der Waals surface area contributed by atoms with Gasteiger partial charge in [-0.1, -0.05) is 59.4 Å². The molecule has 0 bridgehead atoms. The maximum atomic E-state index is 12.5. The number of quaternary nitrogens is 1. The molecule has 1 aromatic heterocycles. The average molecular weight is 535 g/mol. The fourth-order valence-corrected chi connectivity index (χ4v) is 4.69. The van der Waals surface area contributed by atoms with Gasteiger partial charge in [0.15, 0.2) is 11.0 Å². The summed E-state index contributed by atoms with van der Waals surface area (Å²) in [5, 5.41) is 26.3. The van der Waals surface area contributed by atoms with Crippen molar-refractivity contribution in [2.45, 2.75) is 19.0 Å². The van der Waals surface area contributed by atoms with E-state index in [4.69, 9.17) is 11.6 Å². The van der Waals surface area contributed by atoms with Gasteiger partial charge in [0.1, 0.15) is 5.69 Å². The summed E-state index contributed by atoms with van der Waals surface area (Å²) in [6.07, 6.45) is 1.37. The number of carbonyl (C=O) groups excluding carboxylic acids is 1. The number of halogens is 1. The van der Waals surface area contributed by atoms with E-state index in [1.807, 2.05) is 53.1 Å². The number of carbonyl (C=O) groups is 1. The summed E-state index contributed by atoms with van der Waals surface area (Å²) in [5.41, 5.74) is 5.57. The number of hydrazone groups is 1. The van der Waals surface area contributed by atoms with Gasteiger partial charge >= 0.3 is 0 Å². The molecule has 10 heteroatoms. The topological polar surface area (TPSA) is 99.7 Å². The molecule has 0 aliphatic carbocycles. The van der Waals surface area contributed by atoms with Crippen molar-refractivity contribution in [3.05, 3.63) is 83.4 Å². The second-order valence-corrected chi connectivity index (χ2v) is 9.51. The second-order valence-electron chi connectivity index (χ2n) is 8.13. The number of aromatic nitrogens is 3. The highest BCUT2D eigenvalue weighted by molar-refractivity contribution is 7.99. The van der Waals surface area contributed by atoms with Crippen molar-refractivity contribution in [3.63, 3.8) is 0 Å². The molecule has 0 fully saturated rings. The molecule has 4 aromatic rings. The third-order valence-electron chi connectivity index (χ3n) is 5.75. The van der Waals surface area contributed by atoms with Gasteiger partial charge in [-0.3, -0.25) is 9.36 Å². The van der Waals surface area contributed by atoms with Crippen LogP contribution in [0.25, 0.3) is 17.1 Å². The van der Waals surface area contributed by atoms with Crippen LogP contribution < -0.4 is 15.4 Å². The van der Waals surface area contributed by atoms with E-state index in [1.54, 1.807) is 24.3 Å². The van der Waals surface area contributed by atoms with E-state index in [-0.39, 0.29) is 17.4 Å². The SMILES string of the molecule is CC[NH+](CC)c1ccc(/C=N/NC(=O)CSc2nnc(-c3ccccc3)n2-c2ccc(Cl)cc2)c([O-])c1. The fourth-order valence-electron chi connectivity index (χ4n) is 3.82. The lowest BCUT2D eigenvalue weighted by atomic mass is 10.2. The normalized spacial score (nSPS) is 11.4. The van der Waals surface area contributed by atoms with Gasteiger partial charge in [0.2, 0.25) is 0 Å². The molecule has 1 amide bonds. The van der Waals surface area contributed by atoms with Gasteiger partial charge in [-0.25, -0.2) is 5.43 Å². The average Bonchev–Trinajstić information content (AvgIpc) is 3.34. The Bertz CT molecular complexity index is 1370. The van der Waals surface area contributed by atoms with E-state index in [9.17, 15) is 9.90 Å². The Hall–Kier alpha value is -3.66. The van der Waals surface area contributed by atoms with E-state index in [0.717, 1.165) is 30.0 Å². The molecule has 190 valence electrons. The second kappa shape index (κ2) is 12.5. The van der Waals surface area contributed by atoms with Crippen LogP contribution in [0.1, 0.15) is 19.4 Å².